The van der Waals surface area contributed by atoms with Crippen molar-refractivity contribution in [1.29, 1.82) is 0 Å². The number of carbonyl (C=O) groups excluding carboxylic acids is 2. The van der Waals surface area contributed by atoms with Crippen LogP contribution < -0.4 is 11.1 Å². The van der Waals surface area contributed by atoms with Crippen LogP contribution in [0.5, 0.6) is 0 Å². The standard InChI is InChI=1S/C28H35N3O.C17H19N3O.C11H17Br/c1-19-26(27(32)30-18-28-12-21-9-22(13-28)11-23(10-21)14-28)25-7-8-31(17-24(25)15-29-19)16-20-5-3-2-4-6-20;1-12-16(17(18)21)15-7-8-20(11-14(15)9-19-12)10-13-5-3-2-4-6-13;12-7-11-4-8-1-9(5-11)3-10(2-8)6-11/h2-6,15,21-23H,7-14,16-18H2,1H3,(H,30,32);2-6,9H,7-8,10-11H2,1H3,(H2,18,21);8-10H,1-7H2. The van der Waals surface area contributed by atoms with Crippen molar-refractivity contribution in [2.75, 3.05) is 25.0 Å². The van der Waals surface area contributed by atoms with Gasteiger partial charge in [-0.1, -0.05) is 76.6 Å². The van der Waals surface area contributed by atoms with E-state index >= 15 is 0 Å². The van der Waals surface area contributed by atoms with Gasteiger partial charge in [0.1, 0.15) is 0 Å². The number of alkyl halides is 1. The van der Waals surface area contributed by atoms with E-state index in [0.717, 1.165) is 128 Å². The molecule has 8 fully saturated rings. The second kappa shape index (κ2) is 19.0. The topological polar surface area (TPSA) is 104 Å². The first-order chi connectivity index (χ1) is 31.5. The molecule has 65 heavy (non-hydrogen) atoms. The number of carbonyl (C=O) groups is 2. The highest BCUT2D eigenvalue weighted by molar-refractivity contribution is 9.09. The van der Waals surface area contributed by atoms with Crippen LogP contribution in [-0.2, 0) is 39.0 Å². The molecule has 9 heteroatoms. The van der Waals surface area contributed by atoms with Gasteiger partial charge < -0.3 is 11.1 Å². The van der Waals surface area contributed by atoms with Crippen molar-refractivity contribution >= 4 is 27.7 Å². The molecule has 8 aliphatic carbocycles. The van der Waals surface area contributed by atoms with Crippen molar-refractivity contribution in [3.05, 3.63) is 129 Å². The predicted octanol–water partition coefficient (Wildman–Crippen LogP) is 10.5. The van der Waals surface area contributed by atoms with Crippen LogP contribution in [0.1, 0.15) is 143 Å². The Balaban J connectivity index is 0.000000128. The van der Waals surface area contributed by atoms with Gasteiger partial charge in [0, 0.05) is 63.5 Å². The Kier molecular flexibility index (Phi) is 13.1. The summed E-state index contributed by atoms with van der Waals surface area (Å²) in [5, 5.41) is 4.69. The number of aryl methyl sites for hydroxylation is 2. The van der Waals surface area contributed by atoms with Crippen LogP contribution in [0.3, 0.4) is 0 Å². The highest BCUT2D eigenvalue weighted by atomic mass is 79.9. The van der Waals surface area contributed by atoms with Gasteiger partial charge in [0.05, 0.1) is 22.5 Å². The Hall–Kier alpha value is -3.92. The Labute approximate surface area is 396 Å². The molecule has 8 nitrogen and oxygen atoms in total. The zero-order valence-electron chi connectivity index (χ0n) is 39.0. The highest BCUT2D eigenvalue weighted by Gasteiger charge is 2.51. The Bertz CT molecular complexity index is 2280. The number of nitrogens with zero attached hydrogens (tertiary/aromatic N) is 4. The lowest BCUT2D eigenvalue weighted by atomic mass is 9.49. The lowest BCUT2D eigenvalue weighted by Gasteiger charge is -2.56. The molecule has 2 aromatic carbocycles. The Morgan fingerprint density at radius 3 is 1.45 bits per heavy atom. The molecule has 0 radical (unpaired) electrons. The van der Waals surface area contributed by atoms with Gasteiger partial charge in [-0.3, -0.25) is 29.4 Å². The minimum Gasteiger partial charge on any atom is -0.366 e. The third kappa shape index (κ3) is 9.90. The van der Waals surface area contributed by atoms with E-state index < -0.39 is 0 Å². The molecule has 14 rings (SSSR count). The molecule has 2 aliphatic heterocycles. The molecule has 3 N–H and O–H groups in total. The third-order valence-corrected chi connectivity index (χ3v) is 18.5. The van der Waals surface area contributed by atoms with E-state index in [1.807, 2.05) is 32.3 Å². The van der Waals surface area contributed by atoms with Crippen LogP contribution in [0.15, 0.2) is 73.1 Å². The summed E-state index contributed by atoms with van der Waals surface area (Å²) in [5.41, 5.74) is 17.0. The summed E-state index contributed by atoms with van der Waals surface area (Å²) < 4.78 is 0. The summed E-state index contributed by atoms with van der Waals surface area (Å²) in [7, 11) is 0. The molecule has 0 atom stereocenters. The fraction of sp³-hybridized carbons (Fsp3) is 0.571. The fourth-order valence-electron chi connectivity index (χ4n) is 15.3. The molecule has 4 aromatic rings. The number of nitrogens with two attached hydrogens (primary N) is 1. The van der Waals surface area contributed by atoms with Gasteiger partial charge in [-0.05, 0) is 183 Å². The lowest BCUT2D eigenvalue weighted by Crippen LogP contribution is -2.51. The first-order valence-corrected chi connectivity index (χ1v) is 26.2. The van der Waals surface area contributed by atoms with Crippen molar-refractivity contribution < 1.29 is 9.59 Å². The van der Waals surface area contributed by atoms with Gasteiger partial charge in [0.2, 0.25) is 0 Å². The zero-order chi connectivity index (χ0) is 44.7. The van der Waals surface area contributed by atoms with Gasteiger partial charge in [-0.25, -0.2) is 0 Å². The molecule has 344 valence electrons. The van der Waals surface area contributed by atoms with E-state index in [4.69, 9.17) is 5.73 Å². The van der Waals surface area contributed by atoms with Gasteiger partial charge in [-0.2, -0.15) is 0 Å². The summed E-state index contributed by atoms with van der Waals surface area (Å²) in [6.07, 6.45) is 23.4. The monoisotopic (exact) mass is 938 g/mol. The fourth-order valence-corrected chi connectivity index (χ4v) is 16.0. The summed E-state index contributed by atoms with van der Waals surface area (Å²) in [5.74, 6) is 5.86. The van der Waals surface area contributed by atoms with Crippen LogP contribution in [-0.4, -0.2) is 56.5 Å². The van der Waals surface area contributed by atoms with E-state index in [-0.39, 0.29) is 11.8 Å². The maximum absolute atomic E-state index is 13.4. The minimum absolute atomic E-state index is 0.110. The number of hydrogen-bond donors (Lipinski definition) is 2. The van der Waals surface area contributed by atoms with Gasteiger partial charge in [0.15, 0.2) is 0 Å². The van der Waals surface area contributed by atoms with E-state index in [1.165, 1.54) is 66.1 Å². The normalized spacial score (nSPS) is 30.3. The van der Waals surface area contributed by atoms with Gasteiger partial charge >= 0.3 is 0 Å². The number of pyridine rings is 2. The van der Waals surface area contributed by atoms with Crippen molar-refractivity contribution in [3.63, 3.8) is 0 Å². The quantitative estimate of drug-likeness (QED) is 0.162. The zero-order valence-corrected chi connectivity index (χ0v) is 40.6. The number of aromatic nitrogens is 2. The van der Waals surface area contributed by atoms with Crippen molar-refractivity contribution in [1.82, 2.24) is 25.1 Å². The molecule has 0 unspecified atom stereocenters. The van der Waals surface area contributed by atoms with Crippen LogP contribution in [0.2, 0.25) is 0 Å². The number of halogens is 1. The maximum Gasteiger partial charge on any atom is 0.253 e. The second-order valence-electron chi connectivity index (χ2n) is 22.4. The van der Waals surface area contributed by atoms with E-state index in [9.17, 15) is 9.59 Å². The first-order valence-electron chi connectivity index (χ1n) is 25.1. The van der Waals surface area contributed by atoms with E-state index in [0.29, 0.717) is 11.0 Å². The second-order valence-corrected chi connectivity index (χ2v) is 22.9. The third-order valence-electron chi connectivity index (χ3n) is 17.3. The van der Waals surface area contributed by atoms with Crippen molar-refractivity contribution in [2.24, 2.45) is 52.1 Å². The summed E-state index contributed by atoms with van der Waals surface area (Å²) in [6.45, 7) is 10.2. The molecule has 0 spiro atoms. The molecule has 2 aromatic heterocycles. The van der Waals surface area contributed by atoms with Crippen LogP contribution >= 0.6 is 15.9 Å². The molecular formula is C56H71BrN6O2. The van der Waals surface area contributed by atoms with E-state index in [1.54, 1.807) is 38.5 Å². The van der Waals surface area contributed by atoms with Gasteiger partial charge in [-0.15, -0.1) is 0 Å². The SMILES string of the molecule is BrCC12CC3CC(CC(C3)C1)C2.Cc1ncc2c(c1C(=O)NCC13CC4CC(CC(C4)C1)C3)CCN(Cc1ccccc1)C2.Cc1ncc2c(c1C(N)=O)CCN(Cc1ccccc1)C2. The molecule has 4 heterocycles. The average molecular weight is 940 g/mol. The van der Waals surface area contributed by atoms with Crippen molar-refractivity contribution in [2.45, 2.75) is 130 Å². The number of fused-ring (bicyclic) bond motifs is 2. The predicted molar refractivity (Wildman–Crippen MR) is 262 cm³/mol. The molecule has 8 saturated carbocycles. The Morgan fingerprint density at radius 2 is 1.03 bits per heavy atom. The molecule has 8 bridgehead atoms. The van der Waals surface area contributed by atoms with Gasteiger partial charge in [0.25, 0.3) is 11.8 Å². The number of rotatable bonds is 9. The lowest BCUT2D eigenvalue weighted by molar-refractivity contribution is -0.0503. The number of amides is 2. The summed E-state index contributed by atoms with van der Waals surface area (Å²) in [4.78, 5) is 38.9. The number of nitrogens with one attached hydrogen (secondary N) is 1. The largest absolute Gasteiger partial charge is 0.366 e. The maximum atomic E-state index is 13.4. The van der Waals surface area contributed by atoms with E-state index in [2.05, 4.69) is 95.6 Å². The van der Waals surface area contributed by atoms with Crippen molar-refractivity contribution in [3.8, 4) is 0 Å². The number of benzene rings is 2. The first kappa shape index (κ1) is 44.9. The summed E-state index contributed by atoms with van der Waals surface area (Å²) in [6, 6.07) is 21.1. The highest BCUT2D eigenvalue weighted by Crippen LogP contribution is 2.61. The average Bonchev–Trinajstić information content (AvgIpc) is 3.28. The summed E-state index contributed by atoms with van der Waals surface area (Å²) >= 11 is 3.74. The van der Waals surface area contributed by atoms with Crippen LogP contribution in [0.25, 0.3) is 0 Å². The molecular weight excluding hydrogens is 869 g/mol. The number of primary amides is 1. The molecule has 0 saturated heterocycles. The van der Waals surface area contributed by atoms with Crippen LogP contribution in [0.4, 0.5) is 0 Å². The molecule has 2 amide bonds. The minimum atomic E-state index is -0.367. The smallest absolute Gasteiger partial charge is 0.253 e. The van der Waals surface area contributed by atoms with Crippen LogP contribution in [0, 0.1) is 60.2 Å². The Morgan fingerprint density at radius 1 is 0.631 bits per heavy atom. The number of hydrogen-bond acceptors (Lipinski definition) is 6. The molecule has 10 aliphatic rings.